The van der Waals surface area contributed by atoms with E-state index in [-0.39, 0.29) is 5.41 Å². The first kappa shape index (κ1) is 15.7. The summed E-state index contributed by atoms with van der Waals surface area (Å²) in [5, 5.41) is 8.52. The van der Waals surface area contributed by atoms with Gasteiger partial charge in [-0.25, -0.2) is 0 Å². The molecule has 0 atom stereocenters. The second kappa shape index (κ2) is 6.24. The van der Waals surface area contributed by atoms with Crippen molar-refractivity contribution in [2.24, 2.45) is 0 Å². The van der Waals surface area contributed by atoms with Crippen LogP contribution in [0.2, 0.25) is 0 Å². The van der Waals surface area contributed by atoms with Crippen molar-refractivity contribution in [1.82, 2.24) is 10.2 Å². The lowest BCUT2D eigenvalue weighted by atomic mass is 9.85. The lowest BCUT2D eigenvalue weighted by Crippen LogP contribution is -2.19. The highest BCUT2D eigenvalue weighted by atomic mass is 16.5. The summed E-state index contributed by atoms with van der Waals surface area (Å²) in [5.74, 6) is 2.54. The summed E-state index contributed by atoms with van der Waals surface area (Å²) in [7, 11) is 0. The number of fused-ring (bicyclic) bond motifs is 1. The first-order valence-electron chi connectivity index (χ1n) is 8.44. The third-order valence-electron chi connectivity index (χ3n) is 4.45. The van der Waals surface area contributed by atoms with E-state index < -0.39 is 0 Å². The van der Waals surface area contributed by atoms with Crippen LogP contribution in [0.4, 0.5) is 0 Å². The molecule has 0 aliphatic carbocycles. The maximum Gasteiger partial charge on any atom is 0.247 e. The average Bonchev–Trinajstić information content (AvgIpc) is 3.03. The maximum absolute atomic E-state index is 5.99. The molecule has 0 saturated heterocycles. The Labute approximate surface area is 146 Å². The molecule has 2 heterocycles. The van der Waals surface area contributed by atoms with Gasteiger partial charge in [0.15, 0.2) is 11.5 Å². The van der Waals surface area contributed by atoms with Gasteiger partial charge < -0.3 is 13.9 Å². The average molecular weight is 336 g/mol. The van der Waals surface area contributed by atoms with Gasteiger partial charge in [0.2, 0.25) is 11.8 Å². The summed E-state index contributed by atoms with van der Waals surface area (Å²) >= 11 is 0. The van der Waals surface area contributed by atoms with Crippen LogP contribution >= 0.6 is 0 Å². The van der Waals surface area contributed by atoms with Crippen LogP contribution in [0.25, 0.3) is 11.5 Å². The molecule has 5 heteroatoms. The van der Waals surface area contributed by atoms with Crippen LogP contribution in [0.3, 0.4) is 0 Å². The minimum atomic E-state index is -0.363. The molecule has 0 fully saturated rings. The Hall–Kier alpha value is -2.82. The van der Waals surface area contributed by atoms with Crippen molar-refractivity contribution in [2.45, 2.75) is 25.7 Å². The van der Waals surface area contributed by atoms with E-state index in [4.69, 9.17) is 13.9 Å². The monoisotopic (exact) mass is 336 g/mol. The molecule has 1 aromatic heterocycles. The van der Waals surface area contributed by atoms with E-state index in [0.717, 1.165) is 29.0 Å². The second-order valence-electron chi connectivity index (χ2n) is 6.62. The van der Waals surface area contributed by atoms with Crippen LogP contribution in [-0.4, -0.2) is 23.4 Å². The Morgan fingerprint density at radius 3 is 2.44 bits per heavy atom. The fourth-order valence-corrected chi connectivity index (χ4v) is 2.87. The van der Waals surface area contributed by atoms with Gasteiger partial charge in [-0.1, -0.05) is 30.3 Å². The number of hydrogen-bond acceptors (Lipinski definition) is 5. The van der Waals surface area contributed by atoms with Crippen molar-refractivity contribution in [3.63, 3.8) is 0 Å². The molecule has 0 bridgehead atoms. The maximum atomic E-state index is 5.99. The zero-order chi connectivity index (χ0) is 17.3. The van der Waals surface area contributed by atoms with Gasteiger partial charge >= 0.3 is 0 Å². The molecule has 0 amide bonds. The molecular formula is C20H20N2O3. The number of rotatable bonds is 3. The molecule has 4 rings (SSSR count). The van der Waals surface area contributed by atoms with E-state index in [1.165, 1.54) is 0 Å². The van der Waals surface area contributed by atoms with Crippen molar-refractivity contribution in [3.05, 3.63) is 60.0 Å². The topological polar surface area (TPSA) is 57.4 Å². The first-order chi connectivity index (χ1) is 12.1. The number of aromatic nitrogens is 2. The van der Waals surface area contributed by atoms with Gasteiger partial charge in [-0.05, 0) is 37.6 Å². The van der Waals surface area contributed by atoms with E-state index in [9.17, 15) is 0 Å². The number of benzene rings is 2. The summed E-state index contributed by atoms with van der Waals surface area (Å²) in [6, 6.07) is 15.9. The van der Waals surface area contributed by atoms with Gasteiger partial charge in [-0.15, -0.1) is 10.2 Å². The molecule has 25 heavy (non-hydrogen) atoms. The zero-order valence-electron chi connectivity index (χ0n) is 14.4. The predicted octanol–water partition coefficient (Wildman–Crippen LogP) is 4.22. The van der Waals surface area contributed by atoms with E-state index in [0.29, 0.717) is 25.0 Å². The molecule has 3 aromatic rings. The van der Waals surface area contributed by atoms with Crippen molar-refractivity contribution in [3.8, 4) is 23.0 Å². The molecule has 128 valence electrons. The molecule has 0 saturated carbocycles. The number of nitrogens with zero attached hydrogens (tertiary/aromatic N) is 2. The third kappa shape index (κ3) is 2.97. The Kier molecular flexibility index (Phi) is 3.92. The minimum absolute atomic E-state index is 0.363. The molecule has 5 nitrogen and oxygen atoms in total. The van der Waals surface area contributed by atoms with Crippen molar-refractivity contribution >= 4 is 0 Å². The van der Waals surface area contributed by atoms with Gasteiger partial charge in [0, 0.05) is 12.0 Å². The van der Waals surface area contributed by atoms with Crippen LogP contribution in [0.1, 0.15) is 31.7 Å². The first-order valence-corrected chi connectivity index (χ1v) is 8.44. The van der Waals surface area contributed by atoms with Crippen LogP contribution in [0, 0.1) is 0 Å². The summed E-state index contributed by atoms with van der Waals surface area (Å²) in [6.45, 7) is 5.47. The Balaban J connectivity index is 1.67. The van der Waals surface area contributed by atoms with Crippen LogP contribution in [-0.2, 0) is 5.41 Å². The van der Waals surface area contributed by atoms with E-state index in [2.05, 4.69) is 36.2 Å². The summed E-state index contributed by atoms with van der Waals surface area (Å²) in [6.07, 6.45) is 0.875. The Morgan fingerprint density at radius 1 is 0.880 bits per heavy atom. The van der Waals surface area contributed by atoms with Gasteiger partial charge in [-0.2, -0.15) is 0 Å². The molecule has 0 N–H and O–H groups in total. The summed E-state index contributed by atoms with van der Waals surface area (Å²) < 4.78 is 17.4. The highest BCUT2D eigenvalue weighted by Gasteiger charge is 2.29. The predicted molar refractivity (Wildman–Crippen MR) is 93.9 cm³/mol. The molecule has 1 aliphatic rings. The quantitative estimate of drug-likeness (QED) is 0.716. The molecule has 0 unspecified atom stereocenters. The van der Waals surface area contributed by atoms with E-state index >= 15 is 0 Å². The fraction of sp³-hybridized carbons (Fsp3) is 0.300. The lowest BCUT2D eigenvalue weighted by Gasteiger charge is -2.20. The SMILES string of the molecule is CC(C)(c1ccccc1)c1nnc(-c2ccc3c(c2)OCCCO3)o1. The third-order valence-corrected chi connectivity index (χ3v) is 4.45. The molecular weight excluding hydrogens is 316 g/mol. The Bertz CT molecular complexity index is 872. The van der Waals surface area contributed by atoms with Gasteiger partial charge in [0.25, 0.3) is 0 Å². The smallest absolute Gasteiger partial charge is 0.247 e. The molecule has 1 aliphatic heterocycles. The van der Waals surface area contributed by atoms with Gasteiger partial charge in [-0.3, -0.25) is 0 Å². The number of ether oxygens (including phenoxy) is 2. The van der Waals surface area contributed by atoms with Crippen molar-refractivity contribution in [2.75, 3.05) is 13.2 Å². The lowest BCUT2D eigenvalue weighted by molar-refractivity contribution is 0.297. The largest absolute Gasteiger partial charge is 0.490 e. The van der Waals surface area contributed by atoms with Crippen molar-refractivity contribution in [1.29, 1.82) is 0 Å². The number of hydrogen-bond donors (Lipinski definition) is 0. The van der Waals surface area contributed by atoms with Gasteiger partial charge in [0.1, 0.15) is 0 Å². The van der Waals surface area contributed by atoms with Crippen molar-refractivity contribution < 1.29 is 13.9 Å². The highest BCUT2D eigenvalue weighted by Crippen LogP contribution is 2.36. The zero-order valence-corrected chi connectivity index (χ0v) is 14.4. The van der Waals surface area contributed by atoms with E-state index in [1.54, 1.807) is 0 Å². The summed E-state index contributed by atoms with van der Waals surface area (Å²) in [5.41, 5.74) is 1.59. The standard InChI is InChI=1S/C20H20N2O3/c1-20(2,15-7-4-3-5-8-15)19-22-21-18(25-19)14-9-10-16-17(13-14)24-12-6-11-23-16/h3-5,7-10,13H,6,11-12H2,1-2H3. The van der Waals surface area contributed by atoms with Gasteiger partial charge in [0.05, 0.1) is 18.6 Å². The second-order valence-corrected chi connectivity index (χ2v) is 6.62. The molecule has 0 spiro atoms. The van der Waals surface area contributed by atoms with Crippen LogP contribution in [0.5, 0.6) is 11.5 Å². The summed E-state index contributed by atoms with van der Waals surface area (Å²) in [4.78, 5) is 0. The van der Waals surface area contributed by atoms with Crippen LogP contribution in [0.15, 0.2) is 52.9 Å². The van der Waals surface area contributed by atoms with E-state index in [1.807, 2.05) is 36.4 Å². The van der Waals surface area contributed by atoms with Crippen LogP contribution < -0.4 is 9.47 Å². The highest BCUT2D eigenvalue weighted by molar-refractivity contribution is 5.59. The minimum Gasteiger partial charge on any atom is -0.490 e. The fourth-order valence-electron chi connectivity index (χ4n) is 2.87. The Morgan fingerprint density at radius 2 is 1.64 bits per heavy atom. The molecule has 0 radical (unpaired) electrons. The normalized spacial score (nSPS) is 14.2. The molecule has 2 aromatic carbocycles.